The minimum atomic E-state index is -1.93. The van der Waals surface area contributed by atoms with E-state index in [1.165, 1.54) is 11.6 Å². The average molecular weight is 769 g/mol. The summed E-state index contributed by atoms with van der Waals surface area (Å²) in [5.74, 6) is -1.09. The van der Waals surface area contributed by atoms with Crippen LogP contribution < -0.4 is 25.8 Å². The van der Waals surface area contributed by atoms with Crippen LogP contribution in [0.3, 0.4) is 0 Å². The van der Waals surface area contributed by atoms with Crippen molar-refractivity contribution < 1.29 is 33.0 Å². The van der Waals surface area contributed by atoms with E-state index in [4.69, 9.17) is 14.5 Å². The smallest absolute Gasteiger partial charge is 0.343 e. The Morgan fingerprint density at radius 3 is 2.54 bits per heavy atom. The minimum absolute atomic E-state index is 0.0467. The van der Waals surface area contributed by atoms with Gasteiger partial charge in [-0.25, -0.2) is 14.2 Å². The first-order valence-corrected chi connectivity index (χ1v) is 19.7. The maximum Gasteiger partial charge on any atom is 0.343 e. The molecule has 2 aromatic heterocycles. The van der Waals surface area contributed by atoms with E-state index in [1.807, 2.05) is 32.9 Å². The molecule has 1 fully saturated rings. The van der Waals surface area contributed by atoms with Gasteiger partial charge in [0.25, 0.3) is 5.56 Å². The molecule has 2 atom stereocenters. The van der Waals surface area contributed by atoms with E-state index in [0.717, 1.165) is 72.5 Å². The summed E-state index contributed by atoms with van der Waals surface area (Å²) in [6, 6.07) is 11.0. The lowest BCUT2D eigenvalue weighted by atomic mass is 9.86. The molecular weight excluding hydrogens is 718 g/mol. The Morgan fingerprint density at radius 1 is 1.07 bits per heavy atom. The molecule has 4 aliphatic rings. The molecule has 0 bridgehead atoms. The predicted octanol–water partition coefficient (Wildman–Crippen LogP) is 3.62. The van der Waals surface area contributed by atoms with Crippen LogP contribution in [-0.4, -0.2) is 108 Å². The molecule has 0 unspecified atom stereocenters. The van der Waals surface area contributed by atoms with Crippen LogP contribution in [0.15, 0.2) is 41.2 Å². The Labute approximate surface area is 325 Å². The topological polar surface area (TPSA) is 138 Å². The fraction of sp³-hybridized carbons (Fsp3) is 0.476. The van der Waals surface area contributed by atoms with Crippen molar-refractivity contribution in [2.24, 2.45) is 0 Å². The van der Waals surface area contributed by atoms with Gasteiger partial charge in [-0.1, -0.05) is 26.0 Å². The highest BCUT2D eigenvalue weighted by Crippen LogP contribution is 2.46. The molecule has 13 nitrogen and oxygen atoms in total. The highest BCUT2D eigenvalue weighted by molar-refractivity contribution is 6.01. The molecule has 2 aromatic carbocycles. The van der Waals surface area contributed by atoms with Crippen LogP contribution in [0, 0.1) is 12.7 Å². The van der Waals surface area contributed by atoms with Crippen molar-refractivity contribution in [3.8, 4) is 17.1 Å². The minimum Gasteiger partial charge on any atom is -0.486 e. The third kappa shape index (κ3) is 6.51. The van der Waals surface area contributed by atoms with Crippen LogP contribution in [0.5, 0.6) is 5.75 Å². The van der Waals surface area contributed by atoms with Gasteiger partial charge in [-0.3, -0.25) is 14.5 Å². The molecule has 296 valence electrons. The zero-order valence-electron chi connectivity index (χ0n) is 32.8. The SMILES string of the molecule is CCN[C@@H](C)C(=O)Nc1ccc(C[N+]2(C)CCN(CCN3CCOc4c(F)cc5nc6c(c(C)c5c43)Cn3c-6cc4c(c3=O)COC(=O)[C@]4(O)CC)CC2)cc1. The number of carbonyl (C=O) groups is 2. The molecule has 0 spiro atoms. The Morgan fingerprint density at radius 2 is 1.82 bits per heavy atom. The second-order valence-electron chi connectivity index (χ2n) is 16.0. The number of anilines is 2. The molecule has 1 amide bonds. The number of ether oxygens (including phenoxy) is 2. The van der Waals surface area contributed by atoms with Gasteiger partial charge in [0.1, 0.15) is 19.8 Å². The van der Waals surface area contributed by atoms with Gasteiger partial charge in [-0.15, -0.1) is 0 Å². The number of halogens is 1. The molecule has 4 aliphatic heterocycles. The number of aryl methyl sites for hydroxylation is 1. The molecule has 56 heavy (non-hydrogen) atoms. The summed E-state index contributed by atoms with van der Waals surface area (Å²) in [6.45, 7) is 15.5. The molecule has 8 rings (SSSR count). The summed E-state index contributed by atoms with van der Waals surface area (Å²) in [6.07, 6.45) is 0.0521. The number of cyclic esters (lactones) is 1. The van der Waals surface area contributed by atoms with Crippen molar-refractivity contribution in [3.05, 3.63) is 80.4 Å². The Kier molecular flexibility index (Phi) is 9.88. The molecular formula is C42H51FN7O6+. The first kappa shape index (κ1) is 38.0. The van der Waals surface area contributed by atoms with Gasteiger partial charge in [0.2, 0.25) is 5.91 Å². The first-order valence-electron chi connectivity index (χ1n) is 19.7. The number of amides is 1. The number of nitrogens with one attached hydrogen (secondary N) is 2. The number of quaternary nitrogens is 1. The number of hydrogen-bond donors (Lipinski definition) is 3. The number of esters is 1. The highest BCUT2D eigenvalue weighted by atomic mass is 19.1. The van der Waals surface area contributed by atoms with Crippen molar-refractivity contribution in [1.29, 1.82) is 0 Å². The fourth-order valence-corrected chi connectivity index (χ4v) is 8.85. The number of fused-ring (bicyclic) bond motifs is 7. The molecule has 1 saturated heterocycles. The van der Waals surface area contributed by atoms with Gasteiger partial charge in [-0.2, -0.15) is 0 Å². The van der Waals surface area contributed by atoms with Gasteiger partial charge >= 0.3 is 5.97 Å². The Hall–Kier alpha value is -4.89. The van der Waals surface area contributed by atoms with E-state index in [-0.39, 0.29) is 54.0 Å². The highest BCUT2D eigenvalue weighted by Gasteiger charge is 2.45. The van der Waals surface area contributed by atoms with Gasteiger partial charge in [0.15, 0.2) is 17.2 Å². The number of rotatable bonds is 10. The zero-order chi connectivity index (χ0) is 39.5. The largest absolute Gasteiger partial charge is 0.486 e. The zero-order valence-corrected chi connectivity index (χ0v) is 32.8. The van der Waals surface area contributed by atoms with Crippen molar-refractivity contribution in [2.45, 2.75) is 65.5 Å². The van der Waals surface area contributed by atoms with Crippen LogP contribution in [-0.2, 0) is 39.6 Å². The van der Waals surface area contributed by atoms with Crippen LogP contribution in [0.2, 0.25) is 0 Å². The number of likely N-dealkylation sites (N-methyl/N-ethyl adjacent to an activating group) is 2. The van der Waals surface area contributed by atoms with Crippen molar-refractivity contribution in [2.75, 3.05) is 76.2 Å². The summed E-state index contributed by atoms with van der Waals surface area (Å²) in [7, 11) is 2.30. The van der Waals surface area contributed by atoms with E-state index < -0.39 is 17.4 Å². The predicted molar refractivity (Wildman–Crippen MR) is 211 cm³/mol. The second-order valence-corrected chi connectivity index (χ2v) is 16.0. The maximum atomic E-state index is 15.9. The molecule has 0 radical (unpaired) electrons. The fourth-order valence-electron chi connectivity index (χ4n) is 8.85. The normalized spacial score (nSPS) is 20.4. The summed E-state index contributed by atoms with van der Waals surface area (Å²) < 4.78 is 29.6. The number of aromatic nitrogens is 2. The van der Waals surface area contributed by atoms with Gasteiger partial charge in [0.05, 0.1) is 67.4 Å². The van der Waals surface area contributed by atoms with Crippen LogP contribution in [0.25, 0.3) is 22.3 Å². The van der Waals surface area contributed by atoms with Crippen molar-refractivity contribution in [1.82, 2.24) is 19.8 Å². The molecule has 6 heterocycles. The summed E-state index contributed by atoms with van der Waals surface area (Å²) in [5.41, 5.74) is 4.19. The lowest BCUT2D eigenvalue weighted by molar-refractivity contribution is -0.926. The van der Waals surface area contributed by atoms with Crippen molar-refractivity contribution >= 4 is 34.2 Å². The number of aliphatic hydroxyl groups is 1. The number of nitrogens with zero attached hydrogens (tertiary/aromatic N) is 5. The number of carbonyl (C=O) groups excluding carboxylic acids is 2. The lowest BCUT2D eigenvalue weighted by Gasteiger charge is -2.43. The Balaban J connectivity index is 0.985. The van der Waals surface area contributed by atoms with Crippen LogP contribution in [0.1, 0.15) is 55.0 Å². The molecule has 4 aromatic rings. The molecule has 3 N–H and O–H groups in total. The molecule has 14 heteroatoms. The molecule has 0 saturated carbocycles. The third-order valence-corrected chi connectivity index (χ3v) is 12.3. The number of hydrogen-bond acceptors (Lipinski definition) is 10. The number of benzene rings is 2. The van der Waals surface area contributed by atoms with Gasteiger partial charge < -0.3 is 39.2 Å². The number of piperazine rings is 1. The van der Waals surface area contributed by atoms with Gasteiger partial charge in [-0.05, 0) is 50.6 Å². The average Bonchev–Trinajstić information content (AvgIpc) is 3.56. The van der Waals surface area contributed by atoms with Gasteiger partial charge in [0, 0.05) is 60.0 Å². The summed E-state index contributed by atoms with van der Waals surface area (Å²) in [4.78, 5) is 48.5. The van der Waals surface area contributed by atoms with Crippen LogP contribution in [0.4, 0.5) is 15.8 Å². The van der Waals surface area contributed by atoms with E-state index >= 15 is 4.39 Å². The van der Waals surface area contributed by atoms with Crippen LogP contribution >= 0.6 is 0 Å². The quantitative estimate of drug-likeness (QED) is 0.143. The van der Waals surface area contributed by atoms with Crippen molar-refractivity contribution in [3.63, 3.8) is 0 Å². The lowest BCUT2D eigenvalue weighted by Crippen LogP contribution is -2.57. The number of pyridine rings is 2. The maximum absolute atomic E-state index is 15.9. The van der Waals surface area contributed by atoms with E-state index in [1.54, 1.807) is 17.6 Å². The monoisotopic (exact) mass is 768 g/mol. The second kappa shape index (κ2) is 14.6. The third-order valence-electron chi connectivity index (χ3n) is 12.3. The first-order chi connectivity index (χ1) is 26.8. The standard InChI is InChI=1S/C42H50FN7O6/c1-6-42(54)31-20-34-36-29(22-49(34)40(52)30(31)24-56-41(42)53)25(3)35-33(46-36)21-32(43)38-37(35)48(16-19-55-38)13-12-47-14-17-50(5,18-15-47)23-27-8-10-28(11-9-27)45-39(51)26(4)44-7-2/h8-11,20-21,26,44,54H,6-7,12-19,22-24H2,1-5H3/p+1/t26-,42-/m0/s1. The van der Waals surface area contributed by atoms with E-state index in [0.29, 0.717) is 42.3 Å². The van der Waals surface area contributed by atoms with E-state index in [2.05, 4.69) is 39.6 Å². The Bertz CT molecular complexity index is 2290. The summed E-state index contributed by atoms with van der Waals surface area (Å²) in [5, 5.41) is 18.2. The summed E-state index contributed by atoms with van der Waals surface area (Å²) >= 11 is 0. The molecule has 0 aliphatic carbocycles. The van der Waals surface area contributed by atoms with E-state index in [9.17, 15) is 19.5 Å².